The molecule has 0 saturated heterocycles. The predicted octanol–water partition coefficient (Wildman–Crippen LogP) is -5.73. The van der Waals surface area contributed by atoms with E-state index in [2.05, 4.69) is 0 Å². The summed E-state index contributed by atoms with van der Waals surface area (Å²) in [4.78, 5) is 64.9. The third kappa shape index (κ3) is 15.9. The Labute approximate surface area is 316 Å². The molecule has 0 aromatic heterocycles. The zero-order valence-electron chi connectivity index (χ0n) is 26.8. The van der Waals surface area contributed by atoms with Gasteiger partial charge in [-0.2, -0.15) is 0 Å². The van der Waals surface area contributed by atoms with E-state index in [0.29, 0.717) is 0 Å². The van der Waals surface area contributed by atoms with Gasteiger partial charge in [-0.25, -0.2) is 9.59 Å². The van der Waals surface area contributed by atoms with Gasteiger partial charge in [-0.3, -0.25) is 0 Å². The van der Waals surface area contributed by atoms with Gasteiger partial charge in [-0.15, -0.1) is 0 Å². The van der Waals surface area contributed by atoms with Crippen LogP contribution in [0.15, 0.2) is 84.9 Å². The number of carboxylic acid groups (broad SMARTS) is 6. The van der Waals surface area contributed by atoms with E-state index in [1.807, 2.05) is 0 Å². The summed E-state index contributed by atoms with van der Waals surface area (Å²) < 4.78 is 10.7. The molecule has 0 fully saturated rings. The van der Waals surface area contributed by atoms with Crippen LogP contribution < -0.4 is 29.9 Å². The summed E-state index contributed by atoms with van der Waals surface area (Å²) >= 11 is 0. The molecule has 0 aliphatic rings. The van der Waals surface area contributed by atoms with Gasteiger partial charge >= 0.3 is 50.9 Å². The maximum absolute atomic E-state index is 10.9. The number of benzene rings is 4. The maximum Gasteiger partial charge on any atom is 2.00 e. The zero-order chi connectivity index (χ0) is 32.6. The smallest absolute Gasteiger partial charge is 0.545 e. The molecular formula is C30H34O20Zn2+6. The van der Waals surface area contributed by atoms with Gasteiger partial charge in [-0.1, -0.05) is 0 Å². The SMILES string of the molecule is O=C(O)c1ccc(Oc2ccc(C(=O)[O-])c(C(=O)[O-])c2)cc1.O=C(O)c1ccc(Oc2ccc(C(=O)[O-])c(C(=O)[O-])c2)cc1.[OH3+].[OH3+].[OH3+].[OH3+].[OH3+].[OH3+].[Zn+2].[Zn+2]. The number of ether oxygens (including phenoxy) is 2. The van der Waals surface area contributed by atoms with Crippen molar-refractivity contribution < 1.29 is 141 Å². The van der Waals surface area contributed by atoms with E-state index in [1.165, 1.54) is 60.7 Å². The Morgan fingerprint density at radius 3 is 0.827 bits per heavy atom. The van der Waals surface area contributed by atoms with Crippen LogP contribution in [0.2, 0.25) is 0 Å². The topological polar surface area (TPSA) is 452 Å². The quantitative estimate of drug-likeness (QED) is 0.111. The van der Waals surface area contributed by atoms with Crippen molar-refractivity contribution in [3.63, 3.8) is 0 Å². The molecule has 4 aromatic carbocycles. The molecule has 4 rings (SSSR count). The van der Waals surface area contributed by atoms with Crippen molar-refractivity contribution in [2.24, 2.45) is 0 Å². The number of carboxylic acids is 6. The maximum atomic E-state index is 10.9. The number of aromatic carboxylic acids is 6. The number of hydrogen-bond donors (Lipinski definition) is 2. The van der Waals surface area contributed by atoms with Gasteiger partial charge in [0, 0.05) is 22.3 Å². The van der Waals surface area contributed by atoms with E-state index in [-0.39, 0.29) is 106 Å². The molecule has 0 spiro atoms. The molecule has 272 valence electrons. The fourth-order valence-corrected chi connectivity index (χ4v) is 3.47. The second kappa shape index (κ2) is 26.2. The monoisotopic (exact) mass is 842 g/mol. The Hall–Kier alpha value is -5.69. The Balaban J connectivity index is -0.000000176. The first-order valence-electron chi connectivity index (χ1n) is 11.9. The van der Waals surface area contributed by atoms with Crippen LogP contribution in [0.4, 0.5) is 0 Å². The molecule has 0 radical (unpaired) electrons. The van der Waals surface area contributed by atoms with Crippen LogP contribution in [0.5, 0.6) is 23.0 Å². The summed E-state index contributed by atoms with van der Waals surface area (Å²) in [6.45, 7) is 0. The van der Waals surface area contributed by atoms with Crippen molar-refractivity contribution >= 4 is 35.8 Å². The van der Waals surface area contributed by atoms with Crippen molar-refractivity contribution in [3.8, 4) is 23.0 Å². The molecule has 0 aliphatic heterocycles. The van der Waals surface area contributed by atoms with E-state index in [0.717, 1.165) is 24.3 Å². The molecule has 0 heterocycles. The number of rotatable bonds is 10. The van der Waals surface area contributed by atoms with Crippen LogP contribution in [-0.4, -0.2) is 46.0 Å². The van der Waals surface area contributed by atoms with Gasteiger partial charge in [0.15, 0.2) is 0 Å². The van der Waals surface area contributed by atoms with Gasteiger partial charge in [0.1, 0.15) is 23.0 Å². The van der Waals surface area contributed by atoms with Crippen molar-refractivity contribution in [1.29, 1.82) is 0 Å². The first kappa shape index (κ1) is 58.5. The minimum absolute atomic E-state index is 0. The van der Waals surface area contributed by atoms with Crippen molar-refractivity contribution in [1.82, 2.24) is 0 Å². The first-order chi connectivity index (χ1) is 20.8. The largest absolute Gasteiger partial charge is 2.00 e. The van der Waals surface area contributed by atoms with Crippen LogP contribution in [0.1, 0.15) is 62.1 Å². The number of carbonyl (C=O) groups is 6. The summed E-state index contributed by atoms with van der Waals surface area (Å²) in [5.74, 6) is -8.18. The molecule has 0 aliphatic carbocycles. The van der Waals surface area contributed by atoms with Crippen LogP contribution in [0.25, 0.3) is 0 Å². The molecule has 0 saturated carbocycles. The van der Waals surface area contributed by atoms with E-state index < -0.39 is 58.1 Å². The fourth-order valence-electron chi connectivity index (χ4n) is 3.47. The Kier molecular flexibility index (Phi) is 29.4. The average Bonchev–Trinajstić information content (AvgIpc) is 2.97. The molecular weight excluding hydrogens is 811 g/mol. The van der Waals surface area contributed by atoms with Crippen LogP contribution >= 0.6 is 0 Å². The predicted molar refractivity (Wildman–Crippen MR) is 166 cm³/mol. The van der Waals surface area contributed by atoms with Gasteiger partial charge in [0.05, 0.1) is 35.0 Å². The molecule has 20 nitrogen and oxygen atoms in total. The van der Waals surface area contributed by atoms with E-state index in [9.17, 15) is 49.2 Å². The number of hydrogen-bond acceptors (Lipinski definition) is 12. The summed E-state index contributed by atoms with van der Waals surface area (Å²) in [7, 11) is 0. The third-order valence-electron chi connectivity index (χ3n) is 5.54. The van der Waals surface area contributed by atoms with Crippen LogP contribution in [0.3, 0.4) is 0 Å². The summed E-state index contributed by atoms with van der Waals surface area (Å²) in [6, 6.07) is 17.3. The number of carbonyl (C=O) groups excluding carboxylic acids is 4. The van der Waals surface area contributed by atoms with E-state index >= 15 is 0 Å². The van der Waals surface area contributed by atoms with E-state index in [1.54, 1.807) is 0 Å². The average molecular weight is 845 g/mol. The van der Waals surface area contributed by atoms with Crippen molar-refractivity contribution in [2.45, 2.75) is 0 Å². The molecule has 0 unspecified atom stereocenters. The molecule has 0 amide bonds. The summed E-state index contributed by atoms with van der Waals surface area (Å²) in [5, 5.41) is 61.0. The second-order valence-electron chi connectivity index (χ2n) is 8.43. The molecule has 20 N–H and O–H groups in total. The minimum atomic E-state index is -1.68. The molecule has 4 aromatic rings. The van der Waals surface area contributed by atoms with Crippen molar-refractivity contribution in [2.75, 3.05) is 0 Å². The Bertz CT molecular complexity index is 1650. The Morgan fingerprint density at radius 2 is 0.615 bits per heavy atom. The molecule has 0 bridgehead atoms. The summed E-state index contributed by atoms with van der Waals surface area (Å²) in [5.41, 5.74) is -2.05. The van der Waals surface area contributed by atoms with Crippen LogP contribution in [0, 0.1) is 0 Å². The standard InChI is InChI=1S/2C15H10O7.6H2O.2Zn/c2*16-13(17)8-1-3-9(4-2-8)22-10-5-6-11(14(18)19)12(7-10)15(20)21;;;;;;;;/h2*1-7H,(H,16,17)(H,18,19)(H,20,21);6*1H2;;/q;;;;;;;;2*+2/p+2. The molecule has 52 heavy (non-hydrogen) atoms. The third-order valence-corrected chi connectivity index (χ3v) is 5.54. The first-order valence-corrected chi connectivity index (χ1v) is 11.9. The van der Waals surface area contributed by atoms with Gasteiger partial charge < -0.3 is 92.1 Å². The molecule has 0 atom stereocenters. The summed E-state index contributed by atoms with van der Waals surface area (Å²) in [6.07, 6.45) is 0. The second-order valence-corrected chi connectivity index (χ2v) is 8.43. The van der Waals surface area contributed by atoms with E-state index in [4.69, 9.17) is 19.7 Å². The molecule has 22 heteroatoms. The van der Waals surface area contributed by atoms with Crippen LogP contribution in [-0.2, 0) is 71.8 Å². The van der Waals surface area contributed by atoms with Crippen molar-refractivity contribution in [3.05, 3.63) is 118 Å². The normalized spacial score (nSPS) is 8.46. The Morgan fingerprint density at radius 1 is 0.385 bits per heavy atom. The minimum Gasteiger partial charge on any atom is -0.545 e. The zero-order valence-corrected chi connectivity index (χ0v) is 32.7. The fraction of sp³-hybridized carbons (Fsp3) is 0. The van der Waals surface area contributed by atoms with Gasteiger partial charge in [-0.05, 0) is 84.9 Å². The van der Waals surface area contributed by atoms with Gasteiger partial charge in [0.2, 0.25) is 0 Å². The van der Waals surface area contributed by atoms with Gasteiger partial charge in [0.25, 0.3) is 0 Å².